The third kappa shape index (κ3) is 5.68. The first-order valence-electron chi connectivity index (χ1n) is 13.0. The maximum atomic E-state index is 13.7. The molecule has 1 fully saturated rings. The zero-order valence-electron chi connectivity index (χ0n) is 21.7. The number of likely N-dealkylation sites (tertiary alicyclic amines) is 1. The number of aliphatic carboxylic acids is 1. The fourth-order valence-corrected chi connectivity index (χ4v) is 6.73. The summed E-state index contributed by atoms with van der Waals surface area (Å²) in [6.45, 7) is 9.08. The molecule has 1 aliphatic heterocycles. The third-order valence-corrected chi connectivity index (χ3v) is 8.65. The van der Waals surface area contributed by atoms with Gasteiger partial charge in [0.25, 0.3) is 0 Å². The number of carboxylic acids is 1. The lowest BCUT2D eigenvalue weighted by Gasteiger charge is -2.45. The van der Waals surface area contributed by atoms with Gasteiger partial charge in [0.1, 0.15) is 6.04 Å². The van der Waals surface area contributed by atoms with Crippen LogP contribution in [0.2, 0.25) is 10.0 Å². The van der Waals surface area contributed by atoms with Crippen LogP contribution in [0.3, 0.4) is 0 Å². The summed E-state index contributed by atoms with van der Waals surface area (Å²) < 4.78 is 0. The molecule has 36 heavy (non-hydrogen) atoms. The van der Waals surface area contributed by atoms with Crippen molar-refractivity contribution in [2.45, 2.75) is 72.3 Å². The van der Waals surface area contributed by atoms with E-state index in [-0.39, 0.29) is 24.2 Å². The molecule has 1 saturated heterocycles. The minimum atomic E-state index is -0.902. The predicted octanol–water partition coefficient (Wildman–Crippen LogP) is 7.82. The number of halogens is 2. The minimum absolute atomic E-state index is 0.0927. The number of anilines is 2. The Kier molecular flexibility index (Phi) is 9.71. The topological polar surface area (TPSA) is 69.6 Å². The molecule has 1 amide bonds. The molecule has 3 rings (SSSR count). The zero-order valence-corrected chi connectivity index (χ0v) is 23.2. The molecule has 0 bridgehead atoms. The minimum Gasteiger partial charge on any atom is -0.480 e. The zero-order chi connectivity index (χ0) is 26.5. The summed E-state index contributed by atoms with van der Waals surface area (Å²) in [4.78, 5) is 28.1. The van der Waals surface area contributed by atoms with Crippen molar-refractivity contribution in [3.05, 3.63) is 58.1 Å². The van der Waals surface area contributed by atoms with E-state index < -0.39 is 17.4 Å². The van der Waals surface area contributed by atoms with Gasteiger partial charge in [-0.3, -0.25) is 4.79 Å². The molecule has 2 aromatic rings. The Morgan fingerprint density at radius 1 is 1.03 bits per heavy atom. The van der Waals surface area contributed by atoms with E-state index in [4.69, 9.17) is 23.2 Å². The molecule has 2 N–H and O–H groups in total. The second-order valence-electron chi connectivity index (χ2n) is 10.1. The average molecular weight is 534 g/mol. The average Bonchev–Trinajstić information content (AvgIpc) is 3.25. The van der Waals surface area contributed by atoms with Gasteiger partial charge < -0.3 is 15.3 Å². The lowest BCUT2D eigenvalue weighted by atomic mass is 9.60. The molecule has 0 aliphatic carbocycles. The standard InChI is InChI=1S/C29H38Cl2N2O3/c1-5-10-19(3)29(20(4)11-6-2)16-17-33(27(29)28(35)36)25(34)18-21-12-7-8-15-24(21)32-26-22(30)13-9-14-23(26)31/h7-9,12-15,19-20,27,32H,5-6,10-11,16-18H2,1-4H3,(H,35,36)/t19?,20?,27-,29?/m1/s1. The van der Waals surface area contributed by atoms with Gasteiger partial charge in [0.2, 0.25) is 5.91 Å². The van der Waals surface area contributed by atoms with Gasteiger partial charge in [0.15, 0.2) is 0 Å². The van der Waals surface area contributed by atoms with Crippen LogP contribution >= 0.6 is 23.2 Å². The van der Waals surface area contributed by atoms with Gasteiger partial charge in [0, 0.05) is 17.6 Å². The lowest BCUT2D eigenvalue weighted by Crippen LogP contribution is -2.53. The van der Waals surface area contributed by atoms with Gasteiger partial charge in [-0.25, -0.2) is 4.79 Å². The summed E-state index contributed by atoms with van der Waals surface area (Å²) in [6, 6.07) is 11.9. The highest BCUT2D eigenvalue weighted by Crippen LogP contribution is 2.52. The largest absolute Gasteiger partial charge is 0.480 e. The number of carbonyl (C=O) groups excluding carboxylic acids is 1. The molecule has 196 valence electrons. The van der Waals surface area contributed by atoms with Crippen LogP contribution < -0.4 is 5.32 Å². The van der Waals surface area contributed by atoms with Crippen molar-refractivity contribution in [2.24, 2.45) is 17.3 Å². The van der Waals surface area contributed by atoms with Crippen molar-refractivity contribution in [2.75, 3.05) is 11.9 Å². The lowest BCUT2D eigenvalue weighted by molar-refractivity contribution is -0.155. The molecule has 2 aromatic carbocycles. The van der Waals surface area contributed by atoms with Crippen LogP contribution in [0.15, 0.2) is 42.5 Å². The SMILES string of the molecule is CCCC(C)C1(C(C)CCC)CCN(C(=O)Cc2ccccc2Nc2c(Cl)cccc2Cl)[C@@H]1C(=O)O. The third-order valence-electron chi connectivity index (χ3n) is 8.02. The summed E-state index contributed by atoms with van der Waals surface area (Å²) in [5.41, 5.74) is 1.63. The van der Waals surface area contributed by atoms with Gasteiger partial charge in [0.05, 0.1) is 22.2 Å². The molecular weight excluding hydrogens is 495 g/mol. The van der Waals surface area contributed by atoms with Crippen molar-refractivity contribution in [3.63, 3.8) is 0 Å². The maximum absolute atomic E-state index is 13.7. The molecule has 1 heterocycles. The smallest absolute Gasteiger partial charge is 0.327 e. The Labute approximate surface area is 225 Å². The molecule has 2 unspecified atom stereocenters. The van der Waals surface area contributed by atoms with Crippen LogP contribution in [-0.2, 0) is 16.0 Å². The first-order chi connectivity index (χ1) is 17.2. The number of benzene rings is 2. The number of hydrogen-bond donors (Lipinski definition) is 2. The maximum Gasteiger partial charge on any atom is 0.327 e. The highest BCUT2D eigenvalue weighted by Gasteiger charge is 2.57. The van der Waals surface area contributed by atoms with Crippen molar-refractivity contribution >= 4 is 46.5 Å². The molecule has 0 saturated carbocycles. The van der Waals surface area contributed by atoms with Crippen LogP contribution in [0.4, 0.5) is 11.4 Å². The number of nitrogens with zero attached hydrogens (tertiary/aromatic N) is 1. The summed E-state index contributed by atoms with van der Waals surface area (Å²) in [7, 11) is 0. The molecular formula is C29H38Cl2N2O3. The van der Waals surface area contributed by atoms with Gasteiger partial charge in [-0.05, 0) is 42.0 Å². The van der Waals surface area contributed by atoms with Gasteiger partial charge in [-0.2, -0.15) is 0 Å². The number of hydrogen-bond acceptors (Lipinski definition) is 3. The Balaban J connectivity index is 1.91. The number of nitrogens with one attached hydrogen (secondary N) is 1. The second kappa shape index (κ2) is 12.3. The molecule has 0 aromatic heterocycles. The molecule has 1 aliphatic rings. The Morgan fingerprint density at radius 2 is 1.61 bits per heavy atom. The first-order valence-corrected chi connectivity index (χ1v) is 13.7. The summed E-state index contributed by atoms with van der Waals surface area (Å²) in [6.07, 6.45) is 4.69. The van der Waals surface area contributed by atoms with E-state index >= 15 is 0 Å². The van der Waals surface area contributed by atoms with Crippen molar-refractivity contribution in [3.8, 4) is 0 Å². The van der Waals surface area contributed by atoms with Crippen LogP contribution in [0.1, 0.15) is 65.4 Å². The van der Waals surface area contributed by atoms with Gasteiger partial charge >= 0.3 is 5.97 Å². The Hall–Kier alpha value is -2.24. The molecule has 5 nitrogen and oxygen atoms in total. The number of rotatable bonds is 11. The highest BCUT2D eigenvalue weighted by molar-refractivity contribution is 6.39. The van der Waals surface area contributed by atoms with E-state index in [0.717, 1.165) is 36.9 Å². The van der Waals surface area contributed by atoms with Crippen LogP contribution in [0.5, 0.6) is 0 Å². The fraction of sp³-hybridized carbons (Fsp3) is 0.517. The van der Waals surface area contributed by atoms with Gasteiger partial charge in [-0.1, -0.05) is 101 Å². The second-order valence-corrected chi connectivity index (χ2v) is 10.9. The quantitative estimate of drug-likeness (QED) is 0.309. The van der Waals surface area contributed by atoms with Crippen LogP contribution in [0.25, 0.3) is 0 Å². The van der Waals surface area contributed by atoms with Crippen molar-refractivity contribution in [1.82, 2.24) is 4.90 Å². The van der Waals surface area contributed by atoms with Gasteiger partial charge in [-0.15, -0.1) is 0 Å². The van der Waals surface area contributed by atoms with E-state index in [1.165, 1.54) is 0 Å². The monoisotopic (exact) mass is 532 g/mol. The summed E-state index contributed by atoms with van der Waals surface area (Å²) in [5.74, 6) is -0.657. The van der Waals surface area contributed by atoms with E-state index in [1.54, 1.807) is 23.1 Å². The molecule has 0 radical (unpaired) electrons. The fourth-order valence-electron chi connectivity index (χ4n) is 6.24. The number of amides is 1. The van der Waals surface area contributed by atoms with Crippen LogP contribution in [0, 0.1) is 17.3 Å². The summed E-state index contributed by atoms with van der Waals surface area (Å²) in [5, 5.41) is 14.7. The predicted molar refractivity (Wildman–Crippen MR) is 148 cm³/mol. The normalized spacial score (nSPS) is 21.3. The Morgan fingerprint density at radius 3 is 2.17 bits per heavy atom. The summed E-state index contributed by atoms with van der Waals surface area (Å²) >= 11 is 12.7. The van der Waals surface area contributed by atoms with Crippen molar-refractivity contribution < 1.29 is 14.7 Å². The van der Waals surface area contributed by atoms with Crippen molar-refractivity contribution in [1.29, 1.82) is 0 Å². The van der Waals surface area contributed by atoms with E-state index in [2.05, 4.69) is 33.0 Å². The number of carbonyl (C=O) groups is 2. The molecule has 0 spiro atoms. The van der Waals surface area contributed by atoms with E-state index in [0.29, 0.717) is 28.7 Å². The van der Waals surface area contributed by atoms with E-state index in [1.807, 2.05) is 24.3 Å². The molecule has 7 heteroatoms. The van der Waals surface area contributed by atoms with E-state index in [9.17, 15) is 14.7 Å². The number of carboxylic acid groups (broad SMARTS) is 1. The first kappa shape index (κ1) is 28.3. The highest BCUT2D eigenvalue weighted by atomic mass is 35.5. The van der Waals surface area contributed by atoms with Crippen LogP contribution in [-0.4, -0.2) is 34.5 Å². The number of para-hydroxylation sites is 2. The molecule has 3 atom stereocenters. The Bertz CT molecular complexity index is 1040.